The molecule has 0 saturated heterocycles. The van der Waals surface area contributed by atoms with E-state index in [4.69, 9.17) is 19.6 Å². The number of fused-ring (bicyclic) bond motifs is 3. The fourth-order valence-corrected chi connectivity index (χ4v) is 5.33. The second kappa shape index (κ2) is 9.55. The van der Waals surface area contributed by atoms with Crippen molar-refractivity contribution in [1.29, 1.82) is 10.7 Å². The van der Waals surface area contributed by atoms with Crippen molar-refractivity contribution >= 4 is 32.6 Å². The number of allylic oxidation sites excluding steroid dienone is 2. The van der Waals surface area contributed by atoms with Crippen molar-refractivity contribution in [3.05, 3.63) is 100 Å². The predicted molar refractivity (Wildman–Crippen MR) is 135 cm³/mol. The molecule has 0 amide bonds. The standard InChI is InChI=1S/C28H23BrN2O3/c1-32-24-14-19(13-23(29)27(24)33-16-17-7-3-2-4-8-17)25-21-12-11-18-9-5-6-10-20(18)26(21)34-28(31)22(25)15-30/h2-14,22,24-25,27,31H,16H2,1H3. The molecule has 0 aromatic heterocycles. The molecule has 5 nitrogen and oxygen atoms in total. The molecule has 0 radical (unpaired) electrons. The smallest absolute Gasteiger partial charge is 0.205 e. The lowest BCUT2D eigenvalue weighted by molar-refractivity contribution is -0.0208. The van der Waals surface area contributed by atoms with Crippen molar-refractivity contribution in [3.8, 4) is 11.8 Å². The molecule has 4 atom stereocenters. The van der Waals surface area contributed by atoms with E-state index in [9.17, 15) is 5.26 Å². The van der Waals surface area contributed by atoms with Gasteiger partial charge in [0.1, 0.15) is 23.9 Å². The SMILES string of the molecule is COC1C=C(C2c3ccc4ccccc4c3OC(=N)C2C#N)C=C(Br)C1OCc1ccccc1. The molecule has 1 aliphatic heterocycles. The van der Waals surface area contributed by atoms with E-state index in [-0.39, 0.29) is 24.0 Å². The number of benzene rings is 3. The number of nitriles is 1. The summed E-state index contributed by atoms with van der Waals surface area (Å²) < 4.78 is 18.7. The highest BCUT2D eigenvalue weighted by Gasteiger charge is 2.40. The number of halogens is 1. The molecule has 5 rings (SSSR count). The summed E-state index contributed by atoms with van der Waals surface area (Å²) >= 11 is 3.70. The van der Waals surface area contributed by atoms with Crippen molar-refractivity contribution in [2.75, 3.05) is 7.11 Å². The van der Waals surface area contributed by atoms with Gasteiger partial charge in [-0.1, -0.05) is 82.7 Å². The van der Waals surface area contributed by atoms with Crippen LogP contribution in [0.4, 0.5) is 0 Å². The van der Waals surface area contributed by atoms with Crippen LogP contribution >= 0.6 is 15.9 Å². The Bertz CT molecular complexity index is 1340. The molecular formula is C28H23BrN2O3. The molecule has 1 N–H and O–H groups in total. The van der Waals surface area contributed by atoms with Gasteiger partial charge in [-0.05, 0) is 28.7 Å². The van der Waals surface area contributed by atoms with E-state index in [1.165, 1.54) is 0 Å². The molecule has 0 fully saturated rings. The van der Waals surface area contributed by atoms with E-state index in [1.807, 2.05) is 78.9 Å². The third kappa shape index (κ3) is 4.07. The van der Waals surface area contributed by atoms with E-state index in [0.29, 0.717) is 12.4 Å². The molecule has 2 aliphatic rings. The summed E-state index contributed by atoms with van der Waals surface area (Å²) in [6.45, 7) is 0.453. The maximum atomic E-state index is 9.97. The lowest BCUT2D eigenvalue weighted by atomic mass is 9.76. The Labute approximate surface area is 206 Å². The summed E-state index contributed by atoms with van der Waals surface area (Å²) in [5, 5.41) is 20.4. The number of nitrogens with one attached hydrogen (secondary N) is 1. The first kappa shape index (κ1) is 22.5. The number of rotatable bonds is 5. The van der Waals surface area contributed by atoms with Crippen molar-refractivity contribution < 1.29 is 14.2 Å². The molecule has 3 aromatic rings. The Hall–Kier alpha value is -3.24. The second-order valence-corrected chi connectivity index (χ2v) is 9.28. The van der Waals surface area contributed by atoms with Crippen LogP contribution in [0.2, 0.25) is 0 Å². The summed E-state index contributed by atoms with van der Waals surface area (Å²) in [4.78, 5) is 0. The summed E-state index contributed by atoms with van der Waals surface area (Å²) in [5.41, 5.74) is 2.87. The van der Waals surface area contributed by atoms with E-state index >= 15 is 0 Å². The van der Waals surface area contributed by atoms with Crippen LogP contribution in [0.5, 0.6) is 5.75 Å². The zero-order valence-corrected chi connectivity index (χ0v) is 20.2. The number of hydrogen-bond donors (Lipinski definition) is 1. The Morgan fingerprint density at radius 2 is 1.82 bits per heavy atom. The maximum absolute atomic E-state index is 9.97. The average Bonchev–Trinajstić information content (AvgIpc) is 2.87. The molecule has 170 valence electrons. The number of nitrogens with zero attached hydrogens (tertiary/aromatic N) is 1. The highest BCUT2D eigenvalue weighted by molar-refractivity contribution is 9.11. The summed E-state index contributed by atoms with van der Waals surface area (Å²) in [6.07, 6.45) is 3.34. The molecule has 0 saturated carbocycles. The third-order valence-corrected chi connectivity index (χ3v) is 7.03. The molecule has 3 aromatic carbocycles. The first-order chi connectivity index (χ1) is 16.6. The van der Waals surface area contributed by atoms with Crippen LogP contribution in [0, 0.1) is 22.7 Å². The first-order valence-electron chi connectivity index (χ1n) is 11.1. The monoisotopic (exact) mass is 514 g/mol. The molecule has 34 heavy (non-hydrogen) atoms. The fourth-order valence-electron chi connectivity index (χ4n) is 4.67. The quantitative estimate of drug-likeness (QED) is 0.436. The van der Waals surface area contributed by atoms with E-state index < -0.39 is 5.92 Å². The normalized spacial score (nSPS) is 24.0. The van der Waals surface area contributed by atoms with Gasteiger partial charge in [0.25, 0.3) is 0 Å². The summed E-state index contributed by atoms with van der Waals surface area (Å²) in [5.74, 6) is -0.499. The van der Waals surface area contributed by atoms with Gasteiger partial charge in [0, 0.05) is 28.5 Å². The summed E-state index contributed by atoms with van der Waals surface area (Å²) in [7, 11) is 1.65. The van der Waals surface area contributed by atoms with Crippen molar-refractivity contribution in [1.82, 2.24) is 0 Å². The zero-order chi connectivity index (χ0) is 23.7. The number of methoxy groups -OCH3 is 1. The van der Waals surface area contributed by atoms with Crippen molar-refractivity contribution in [2.45, 2.75) is 24.7 Å². The minimum Gasteiger partial charge on any atom is -0.441 e. The lowest BCUT2D eigenvalue weighted by Gasteiger charge is -2.35. The van der Waals surface area contributed by atoms with Gasteiger partial charge in [0.05, 0.1) is 12.7 Å². The van der Waals surface area contributed by atoms with E-state index in [0.717, 1.165) is 32.0 Å². The van der Waals surface area contributed by atoms with E-state index in [2.05, 4.69) is 22.0 Å². The Morgan fingerprint density at radius 1 is 1.06 bits per heavy atom. The Morgan fingerprint density at radius 3 is 2.59 bits per heavy atom. The highest BCUT2D eigenvalue weighted by Crippen LogP contribution is 2.47. The molecule has 4 unspecified atom stereocenters. The highest BCUT2D eigenvalue weighted by atomic mass is 79.9. The first-order valence-corrected chi connectivity index (χ1v) is 11.8. The van der Waals surface area contributed by atoms with Crippen molar-refractivity contribution in [2.24, 2.45) is 5.92 Å². The van der Waals surface area contributed by atoms with Gasteiger partial charge in [-0.25, -0.2) is 0 Å². The Kier molecular flexibility index (Phi) is 6.34. The number of hydrogen-bond acceptors (Lipinski definition) is 5. The van der Waals surface area contributed by atoms with Gasteiger partial charge < -0.3 is 14.2 Å². The van der Waals surface area contributed by atoms with Crippen LogP contribution in [0.15, 0.2) is 88.9 Å². The summed E-state index contributed by atoms with van der Waals surface area (Å²) in [6, 6.07) is 24.2. The molecule has 0 spiro atoms. The van der Waals surface area contributed by atoms with Crippen LogP contribution in [-0.4, -0.2) is 25.2 Å². The van der Waals surface area contributed by atoms with Gasteiger partial charge in [-0.2, -0.15) is 5.26 Å². The topological polar surface area (TPSA) is 75.3 Å². The maximum Gasteiger partial charge on any atom is 0.205 e. The van der Waals surface area contributed by atoms with Crippen LogP contribution < -0.4 is 4.74 Å². The fraction of sp³-hybridized carbons (Fsp3) is 0.214. The van der Waals surface area contributed by atoms with Gasteiger partial charge in [-0.3, -0.25) is 5.41 Å². The lowest BCUT2D eigenvalue weighted by Crippen LogP contribution is -2.36. The minimum absolute atomic E-state index is 0.0433. The Balaban J connectivity index is 1.52. The molecule has 1 heterocycles. The van der Waals surface area contributed by atoms with Crippen LogP contribution in [-0.2, 0) is 16.1 Å². The zero-order valence-electron chi connectivity index (χ0n) is 18.6. The van der Waals surface area contributed by atoms with Crippen LogP contribution in [0.3, 0.4) is 0 Å². The number of ether oxygens (including phenoxy) is 3. The molecular weight excluding hydrogens is 492 g/mol. The van der Waals surface area contributed by atoms with Gasteiger partial charge in [0.2, 0.25) is 5.90 Å². The second-order valence-electron chi connectivity index (χ2n) is 8.37. The average molecular weight is 515 g/mol. The van der Waals surface area contributed by atoms with Gasteiger partial charge in [0.15, 0.2) is 0 Å². The van der Waals surface area contributed by atoms with Crippen molar-refractivity contribution in [3.63, 3.8) is 0 Å². The van der Waals surface area contributed by atoms with Crippen LogP contribution in [0.25, 0.3) is 10.8 Å². The molecule has 0 bridgehead atoms. The van der Waals surface area contributed by atoms with E-state index in [1.54, 1.807) is 7.11 Å². The van der Waals surface area contributed by atoms with Gasteiger partial charge >= 0.3 is 0 Å². The third-order valence-electron chi connectivity index (χ3n) is 6.35. The van der Waals surface area contributed by atoms with Gasteiger partial charge in [-0.15, -0.1) is 0 Å². The van der Waals surface area contributed by atoms with Crippen LogP contribution in [0.1, 0.15) is 17.0 Å². The largest absolute Gasteiger partial charge is 0.441 e. The molecule has 1 aliphatic carbocycles. The minimum atomic E-state index is -0.740. The predicted octanol–water partition coefficient (Wildman–Crippen LogP) is 6.25. The molecule has 6 heteroatoms.